The summed E-state index contributed by atoms with van der Waals surface area (Å²) in [6, 6.07) is 6.23. The van der Waals surface area contributed by atoms with Crippen molar-refractivity contribution >= 4 is 34.0 Å². The number of aliphatic hydroxyl groups excluding tert-OH is 1. The molecular formula is C21H28N5O3S2-. The SMILES string of the molecule is CC(C)c1cc(C#N)cc2c1NC=NC2C.CN=[S-](=O)c1sc(C(C)(C)O)nc1CO. The molecule has 8 nitrogen and oxygen atoms in total. The van der Waals surface area contributed by atoms with Crippen molar-refractivity contribution in [1.82, 2.24) is 4.98 Å². The second kappa shape index (κ2) is 10.3. The Labute approximate surface area is 188 Å². The zero-order chi connectivity index (χ0) is 23.3. The first-order valence-corrected chi connectivity index (χ1v) is 11.7. The lowest BCUT2D eigenvalue weighted by atomic mass is 9.92. The van der Waals surface area contributed by atoms with E-state index in [2.05, 4.69) is 39.6 Å². The number of rotatable bonds is 4. The highest BCUT2D eigenvalue weighted by Gasteiger charge is 2.21. The molecule has 1 aromatic carbocycles. The van der Waals surface area contributed by atoms with Gasteiger partial charge in [0.2, 0.25) is 0 Å². The Morgan fingerprint density at radius 3 is 2.61 bits per heavy atom. The maximum absolute atomic E-state index is 11.5. The minimum atomic E-state index is -1.51. The highest BCUT2D eigenvalue weighted by atomic mass is 32.2. The quantitative estimate of drug-likeness (QED) is 0.584. The molecule has 2 aromatic rings. The molecule has 2 heterocycles. The molecule has 0 bridgehead atoms. The van der Waals surface area contributed by atoms with Crippen LogP contribution in [0.5, 0.6) is 0 Å². The summed E-state index contributed by atoms with van der Waals surface area (Å²) in [6.07, 6.45) is 1.74. The van der Waals surface area contributed by atoms with Crippen LogP contribution in [0, 0.1) is 11.3 Å². The second-order valence-corrected chi connectivity index (χ2v) is 10.3. The number of hydrogen-bond acceptors (Lipinski definition) is 10. The summed E-state index contributed by atoms with van der Waals surface area (Å²) in [5.41, 5.74) is 3.37. The normalized spacial score (nSPS) is 16.2. The van der Waals surface area contributed by atoms with E-state index < -0.39 is 16.2 Å². The molecule has 0 saturated carbocycles. The van der Waals surface area contributed by atoms with E-state index >= 15 is 0 Å². The molecule has 3 rings (SSSR count). The standard InChI is InChI=1S/C13H15N3.C8H13N2O3S2/c1-8(2)11-4-10(6-14)5-12-9(3)15-7-16-13(11)12;1-8(2,12)7-10-5(4-11)6(14-7)15(13)9-3/h4-5,7-9H,1-3H3,(H,15,16);11-12H,4H2,1-3H3/q;-1. The third kappa shape index (κ3) is 5.89. The lowest BCUT2D eigenvalue weighted by Crippen LogP contribution is -2.14. The van der Waals surface area contributed by atoms with Crippen molar-refractivity contribution in [3.05, 3.63) is 39.5 Å². The Bertz CT molecular complexity index is 1090. The van der Waals surface area contributed by atoms with Crippen LogP contribution in [0.4, 0.5) is 5.69 Å². The van der Waals surface area contributed by atoms with Crippen molar-refractivity contribution < 1.29 is 14.4 Å². The summed E-state index contributed by atoms with van der Waals surface area (Å²) in [5.74, 6) is 0.397. The number of aromatic nitrogens is 1. The van der Waals surface area contributed by atoms with Crippen LogP contribution < -0.4 is 5.32 Å². The fraction of sp³-hybridized carbons (Fsp3) is 0.476. The minimum absolute atomic E-state index is 0.127. The zero-order valence-corrected chi connectivity index (χ0v) is 20.1. The average Bonchev–Trinajstić information content (AvgIpc) is 3.18. The van der Waals surface area contributed by atoms with Crippen molar-refractivity contribution in [2.45, 2.75) is 63.0 Å². The van der Waals surface area contributed by atoms with Crippen LogP contribution in [0.15, 0.2) is 25.7 Å². The topological polar surface area (TPSA) is 131 Å². The highest BCUT2D eigenvalue weighted by molar-refractivity contribution is 7.77. The monoisotopic (exact) mass is 462 g/mol. The van der Waals surface area contributed by atoms with Crippen LogP contribution in [0.3, 0.4) is 0 Å². The fourth-order valence-corrected chi connectivity index (χ4v) is 4.95. The second-order valence-electron chi connectivity index (χ2n) is 7.80. The van der Waals surface area contributed by atoms with Gasteiger partial charge in [-0.25, -0.2) is 4.98 Å². The number of nitriles is 1. The molecule has 0 aliphatic carbocycles. The van der Waals surface area contributed by atoms with Crippen LogP contribution in [-0.4, -0.2) is 28.6 Å². The van der Waals surface area contributed by atoms with Crippen LogP contribution in [0.2, 0.25) is 0 Å². The molecule has 168 valence electrons. The Morgan fingerprint density at radius 1 is 1.42 bits per heavy atom. The first-order valence-electron chi connectivity index (χ1n) is 9.74. The number of hydrogen-bond donors (Lipinski definition) is 3. The molecule has 1 aromatic heterocycles. The van der Waals surface area contributed by atoms with Crippen LogP contribution >= 0.6 is 11.3 Å². The molecule has 0 spiro atoms. The zero-order valence-electron chi connectivity index (χ0n) is 18.5. The van der Waals surface area contributed by atoms with Crippen molar-refractivity contribution in [1.29, 1.82) is 5.26 Å². The van der Waals surface area contributed by atoms with E-state index in [-0.39, 0.29) is 12.6 Å². The number of aliphatic imine (C=N–C) groups is 1. The van der Waals surface area contributed by atoms with Crippen molar-refractivity contribution in [2.24, 2.45) is 9.36 Å². The number of nitrogens with zero attached hydrogens (tertiary/aromatic N) is 4. The van der Waals surface area contributed by atoms with E-state index in [1.54, 1.807) is 20.2 Å². The minimum Gasteiger partial charge on any atom is -0.439 e. The van der Waals surface area contributed by atoms with Crippen molar-refractivity contribution in [3.63, 3.8) is 0 Å². The van der Waals surface area contributed by atoms with Gasteiger partial charge in [0.1, 0.15) is 10.6 Å². The molecule has 1 aliphatic heterocycles. The predicted molar refractivity (Wildman–Crippen MR) is 124 cm³/mol. The third-order valence-electron chi connectivity index (χ3n) is 4.57. The van der Waals surface area contributed by atoms with Gasteiger partial charge in [-0.2, -0.15) is 5.26 Å². The molecular weight excluding hydrogens is 434 g/mol. The molecule has 10 heteroatoms. The summed E-state index contributed by atoms with van der Waals surface area (Å²) in [4.78, 5) is 8.34. The Hall–Kier alpha value is -2.32. The largest absolute Gasteiger partial charge is 0.439 e. The molecule has 3 N–H and O–H groups in total. The summed E-state index contributed by atoms with van der Waals surface area (Å²) in [7, 11) is -0.0746. The molecule has 1 aliphatic rings. The van der Waals surface area contributed by atoms with Gasteiger partial charge in [-0.15, -0.1) is 21.9 Å². The summed E-state index contributed by atoms with van der Waals surface area (Å²) in [5, 5.41) is 31.4. The molecule has 31 heavy (non-hydrogen) atoms. The first-order chi connectivity index (χ1) is 14.5. The number of thiazole rings is 1. The van der Waals surface area contributed by atoms with Gasteiger partial charge in [-0.3, -0.25) is 4.99 Å². The number of nitrogens with one attached hydrogen (secondary N) is 1. The van der Waals surface area contributed by atoms with E-state index in [0.29, 0.717) is 26.4 Å². The summed E-state index contributed by atoms with van der Waals surface area (Å²) >= 11 is 1.11. The maximum Gasteiger partial charge on any atom is 0.123 e. The van der Waals surface area contributed by atoms with Gasteiger partial charge >= 0.3 is 0 Å². The van der Waals surface area contributed by atoms with E-state index in [0.717, 1.165) is 22.6 Å². The number of anilines is 1. The lowest BCUT2D eigenvalue weighted by molar-refractivity contribution is 0.0779. The fourth-order valence-electron chi connectivity index (χ4n) is 2.92. The van der Waals surface area contributed by atoms with Gasteiger partial charge in [0.15, 0.2) is 0 Å². The van der Waals surface area contributed by atoms with E-state index in [9.17, 15) is 9.32 Å². The van der Waals surface area contributed by atoms with Gasteiger partial charge in [0.05, 0.1) is 36.3 Å². The van der Waals surface area contributed by atoms with E-state index in [1.165, 1.54) is 12.6 Å². The lowest BCUT2D eigenvalue weighted by Gasteiger charge is -2.23. The van der Waals surface area contributed by atoms with E-state index in [4.69, 9.17) is 10.4 Å². The van der Waals surface area contributed by atoms with Crippen molar-refractivity contribution in [2.75, 3.05) is 12.4 Å². The van der Waals surface area contributed by atoms with Crippen LogP contribution in [0.25, 0.3) is 0 Å². The van der Waals surface area contributed by atoms with Crippen molar-refractivity contribution in [3.8, 4) is 6.07 Å². The van der Waals surface area contributed by atoms with Gasteiger partial charge in [-0.1, -0.05) is 13.8 Å². The number of fused-ring (bicyclic) bond motifs is 1. The molecule has 0 saturated heterocycles. The molecule has 0 amide bonds. The van der Waals surface area contributed by atoms with Crippen LogP contribution in [-0.2, 0) is 27.0 Å². The Morgan fingerprint density at radius 2 is 2.10 bits per heavy atom. The van der Waals surface area contributed by atoms with Gasteiger partial charge < -0.3 is 24.1 Å². The summed E-state index contributed by atoms with van der Waals surface area (Å²) < 4.78 is 15.5. The van der Waals surface area contributed by atoms with E-state index in [1.807, 2.05) is 19.1 Å². The number of aliphatic hydroxyl groups is 2. The smallest absolute Gasteiger partial charge is 0.123 e. The molecule has 1 unspecified atom stereocenters. The number of benzene rings is 1. The van der Waals surface area contributed by atoms with Gasteiger partial charge in [0.25, 0.3) is 0 Å². The maximum atomic E-state index is 11.5. The van der Waals surface area contributed by atoms with Gasteiger partial charge in [-0.05, 0) is 48.6 Å². The average molecular weight is 463 g/mol. The Balaban J connectivity index is 0.000000221. The molecule has 0 radical (unpaired) electrons. The predicted octanol–water partition coefficient (Wildman–Crippen LogP) is 4.20. The van der Waals surface area contributed by atoms with Gasteiger partial charge in [0, 0.05) is 18.3 Å². The highest BCUT2D eigenvalue weighted by Crippen LogP contribution is 2.35. The third-order valence-corrected chi connectivity index (χ3v) is 7.33. The summed E-state index contributed by atoms with van der Waals surface area (Å²) in [6.45, 7) is 9.18. The molecule has 1 atom stereocenters. The molecule has 0 fully saturated rings. The van der Waals surface area contributed by atoms with Crippen LogP contribution in [0.1, 0.15) is 74.0 Å². The Kier molecular flexibility index (Phi) is 8.31. The first kappa shape index (κ1) is 24.9.